The zero-order chi connectivity index (χ0) is 22.6. The predicted molar refractivity (Wildman–Crippen MR) is 112 cm³/mol. The minimum absolute atomic E-state index is 0.0267. The van der Waals surface area contributed by atoms with Crippen LogP contribution in [-0.2, 0) is 6.42 Å². The Morgan fingerprint density at radius 2 is 1.83 bits per heavy atom. The Labute approximate surface area is 176 Å². The summed E-state index contributed by atoms with van der Waals surface area (Å²) in [7, 11) is 0. The van der Waals surface area contributed by atoms with Gasteiger partial charge < -0.3 is 25.2 Å². The number of phenolic OH excluding ortho intramolecular Hbond substituents is 1. The number of rotatable bonds is 8. The molecule has 1 aromatic rings. The van der Waals surface area contributed by atoms with Crippen LogP contribution < -0.4 is 4.74 Å². The van der Waals surface area contributed by atoms with Crippen molar-refractivity contribution in [1.29, 1.82) is 0 Å². The van der Waals surface area contributed by atoms with Gasteiger partial charge in [-0.05, 0) is 59.4 Å². The molecule has 0 fully saturated rings. The van der Waals surface area contributed by atoms with Gasteiger partial charge in [0.25, 0.3) is 0 Å². The maximum Gasteiger partial charge on any atom is 0.340 e. The molecule has 0 aliphatic carbocycles. The Morgan fingerprint density at radius 3 is 2.40 bits per heavy atom. The van der Waals surface area contributed by atoms with Crippen molar-refractivity contribution >= 4 is 11.9 Å². The zero-order valence-corrected chi connectivity index (χ0v) is 17.9. The standard InChI is InChI=1S/C23H30O7/c1-13(2)7-5-8-14(3)9-6-10-23(4)18(25)12-15-17(24)11-16(21(26)27)19(22(28)29)20(15)30-23/h7,9,11,18,24-25H,5-6,8,10,12H2,1-4H3,(H,26,27)(H,28,29)/b14-9+. The number of aromatic carboxylic acids is 2. The van der Waals surface area contributed by atoms with E-state index in [9.17, 15) is 30.0 Å². The molecule has 0 aromatic heterocycles. The van der Waals surface area contributed by atoms with Gasteiger partial charge in [0.1, 0.15) is 22.7 Å². The molecule has 0 amide bonds. The lowest BCUT2D eigenvalue weighted by Crippen LogP contribution is -2.49. The van der Waals surface area contributed by atoms with Crippen molar-refractivity contribution in [3.8, 4) is 11.5 Å². The summed E-state index contributed by atoms with van der Waals surface area (Å²) in [5, 5.41) is 39.7. The summed E-state index contributed by atoms with van der Waals surface area (Å²) in [5.41, 5.74) is 0.409. The molecule has 7 heteroatoms. The molecule has 0 saturated carbocycles. The summed E-state index contributed by atoms with van der Waals surface area (Å²) >= 11 is 0. The van der Waals surface area contributed by atoms with E-state index in [2.05, 4.69) is 26.0 Å². The van der Waals surface area contributed by atoms with E-state index in [1.807, 2.05) is 6.92 Å². The number of carbonyl (C=O) groups is 2. The average Bonchev–Trinajstić information content (AvgIpc) is 2.62. The number of aliphatic hydroxyl groups excluding tert-OH is 1. The minimum Gasteiger partial charge on any atom is -0.508 e. The van der Waals surface area contributed by atoms with Crippen molar-refractivity contribution in [2.75, 3.05) is 0 Å². The van der Waals surface area contributed by atoms with Crippen molar-refractivity contribution in [2.24, 2.45) is 0 Å². The molecule has 1 aliphatic rings. The fraction of sp³-hybridized carbons (Fsp3) is 0.478. The van der Waals surface area contributed by atoms with Crippen molar-refractivity contribution in [2.45, 2.75) is 71.5 Å². The Bertz CT molecular complexity index is 893. The lowest BCUT2D eigenvalue weighted by Gasteiger charge is -2.40. The first-order valence-electron chi connectivity index (χ1n) is 9.97. The quantitative estimate of drug-likeness (QED) is 0.464. The SMILES string of the molecule is CC(C)=CCC/C(C)=C/CCC1(C)Oc2c(c(O)cc(C(=O)O)c2C(=O)O)CC1O. The molecule has 2 unspecified atom stereocenters. The Hall–Kier alpha value is -2.80. The van der Waals surface area contributed by atoms with E-state index in [-0.39, 0.29) is 17.7 Å². The second-order valence-electron chi connectivity index (χ2n) is 8.28. The van der Waals surface area contributed by atoms with Crippen LogP contribution >= 0.6 is 0 Å². The van der Waals surface area contributed by atoms with Gasteiger partial charge >= 0.3 is 11.9 Å². The summed E-state index contributed by atoms with van der Waals surface area (Å²) in [4.78, 5) is 23.2. The number of fused-ring (bicyclic) bond motifs is 1. The second kappa shape index (κ2) is 9.34. The molecule has 164 valence electrons. The number of aliphatic hydroxyl groups is 1. The van der Waals surface area contributed by atoms with Crippen LogP contribution in [0.3, 0.4) is 0 Å². The van der Waals surface area contributed by atoms with E-state index in [0.29, 0.717) is 12.8 Å². The summed E-state index contributed by atoms with van der Waals surface area (Å²) in [6, 6.07) is 0.891. The highest BCUT2D eigenvalue weighted by molar-refractivity contribution is 6.04. The van der Waals surface area contributed by atoms with Gasteiger partial charge in [0.05, 0.1) is 11.7 Å². The van der Waals surface area contributed by atoms with Gasteiger partial charge in [-0.1, -0.05) is 23.3 Å². The van der Waals surface area contributed by atoms with Crippen molar-refractivity contribution in [3.63, 3.8) is 0 Å². The van der Waals surface area contributed by atoms with Crippen LogP contribution in [0.4, 0.5) is 0 Å². The first-order valence-corrected chi connectivity index (χ1v) is 9.97. The molecule has 0 bridgehead atoms. The third kappa shape index (κ3) is 5.21. The Kier molecular flexibility index (Phi) is 7.31. The molecular formula is C23H30O7. The summed E-state index contributed by atoms with van der Waals surface area (Å²) < 4.78 is 5.90. The minimum atomic E-state index is -1.48. The van der Waals surface area contributed by atoms with Gasteiger partial charge in [-0.15, -0.1) is 0 Å². The molecule has 4 N–H and O–H groups in total. The fourth-order valence-electron chi connectivity index (χ4n) is 3.60. The highest BCUT2D eigenvalue weighted by Gasteiger charge is 2.43. The number of benzene rings is 1. The number of allylic oxidation sites excluding steroid dienone is 4. The van der Waals surface area contributed by atoms with Gasteiger partial charge in [0.2, 0.25) is 0 Å². The van der Waals surface area contributed by atoms with E-state index in [1.165, 1.54) is 11.1 Å². The largest absolute Gasteiger partial charge is 0.508 e. The van der Waals surface area contributed by atoms with E-state index >= 15 is 0 Å². The van der Waals surface area contributed by atoms with Crippen molar-refractivity contribution in [3.05, 3.63) is 46.1 Å². The van der Waals surface area contributed by atoms with Gasteiger partial charge in [-0.25, -0.2) is 9.59 Å². The molecular weight excluding hydrogens is 388 g/mol. The lowest BCUT2D eigenvalue weighted by molar-refractivity contribution is -0.0598. The fourth-order valence-corrected chi connectivity index (χ4v) is 3.60. The molecule has 1 aromatic carbocycles. The smallest absolute Gasteiger partial charge is 0.340 e. The van der Waals surface area contributed by atoms with Gasteiger partial charge in [0.15, 0.2) is 0 Å². The molecule has 0 spiro atoms. The first-order chi connectivity index (χ1) is 14.0. The number of carboxylic acid groups (broad SMARTS) is 2. The van der Waals surface area contributed by atoms with Crippen LogP contribution in [0.15, 0.2) is 29.4 Å². The number of ether oxygens (including phenoxy) is 1. The van der Waals surface area contributed by atoms with Crippen LogP contribution in [-0.4, -0.2) is 44.1 Å². The van der Waals surface area contributed by atoms with Gasteiger partial charge in [-0.3, -0.25) is 0 Å². The van der Waals surface area contributed by atoms with Crippen LogP contribution in [0.25, 0.3) is 0 Å². The first kappa shape index (κ1) is 23.5. The normalized spacial score (nSPS) is 20.8. The number of aromatic hydroxyl groups is 1. The van der Waals surface area contributed by atoms with Gasteiger partial charge in [0, 0.05) is 12.0 Å². The third-order valence-electron chi connectivity index (χ3n) is 5.47. The van der Waals surface area contributed by atoms with E-state index < -0.39 is 40.5 Å². The topological polar surface area (TPSA) is 124 Å². The summed E-state index contributed by atoms with van der Waals surface area (Å²) in [5.74, 6) is -3.52. The lowest BCUT2D eigenvalue weighted by atomic mass is 9.84. The highest BCUT2D eigenvalue weighted by Crippen LogP contribution is 2.44. The highest BCUT2D eigenvalue weighted by atomic mass is 16.5. The van der Waals surface area contributed by atoms with Gasteiger partial charge in [-0.2, -0.15) is 0 Å². The summed E-state index contributed by atoms with van der Waals surface area (Å²) in [6.45, 7) is 7.81. The number of phenols is 1. The maximum absolute atomic E-state index is 11.8. The number of carboxylic acids is 2. The molecule has 1 heterocycles. The van der Waals surface area contributed by atoms with Crippen LogP contribution in [0.1, 0.15) is 79.7 Å². The molecule has 2 rings (SSSR count). The monoisotopic (exact) mass is 418 g/mol. The predicted octanol–water partition coefficient (Wildman–Crippen LogP) is 4.32. The van der Waals surface area contributed by atoms with Crippen LogP contribution in [0.5, 0.6) is 11.5 Å². The van der Waals surface area contributed by atoms with E-state index in [0.717, 1.165) is 18.9 Å². The van der Waals surface area contributed by atoms with Crippen molar-refractivity contribution < 1.29 is 34.8 Å². The maximum atomic E-state index is 11.8. The van der Waals surface area contributed by atoms with Crippen LogP contribution in [0, 0.1) is 0 Å². The number of hydrogen-bond acceptors (Lipinski definition) is 5. The second-order valence-corrected chi connectivity index (χ2v) is 8.28. The molecule has 2 atom stereocenters. The molecule has 0 radical (unpaired) electrons. The molecule has 1 aliphatic heterocycles. The summed E-state index contributed by atoms with van der Waals surface area (Å²) in [6.07, 6.45) is 6.12. The zero-order valence-electron chi connectivity index (χ0n) is 17.9. The third-order valence-corrected chi connectivity index (χ3v) is 5.47. The molecule has 7 nitrogen and oxygen atoms in total. The Balaban J connectivity index is 2.27. The molecule has 30 heavy (non-hydrogen) atoms. The molecule has 0 saturated heterocycles. The van der Waals surface area contributed by atoms with E-state index in [4.69, 9.17) is 4.74 Å². The number of hydrogen-bond donors (Lipinski definition) is 4. The van der Waals surface area contributed by atoms with Crippen molar-refractivity contribution in [1.82, 2.24) is 0 Å². The van der Waals surface area contributed by atoms with E-state index in [1.54, 1.807) is 6.92 Å². The average molecular weight is 418 g/mol. The Morgan fingerprint density at radius 1 is 1.17 bits per heavy atom. The van der Waals surface area contributed by atoms with Crippen LogP contribution in [0.2, 0.25) is 0 Å².